The number of para-hydroxylation sites is 1. The lowest BCUT2D eigenvalue weighted by atomic mass is 10.1. The lowest BCUT2D eigenvalue weighted by molar-refractivity contribution is 0.255. The first kappa shape index (κ1) is 26.2. The zero-order chi connectivity index (χ0) is 29.0. The van der Waals surface area contributed by atoms with Crippen LogP contribution < -0.4 is 19.9 Å². The van der Waals surface area contributed by atoms with E-state index in [4.69, 9.17) is 4.74 Å². The Morgan fingerprint density at radius 2 is 1.81 bits per heavy atom. The number of aromatic nitrogens is 4. The molecule has 1 saturated heterocycles. The zero-order valence-corrected chi connectivity index (χ0v) is 23.7. The molecule has 2 aromatic heterocycles. The van der Waals surface area contributed by atoms with Crippen molar-refractivity contribution in [1.82, 2.24) is 19.5 Å². The van der Waals surface area contributed by atoms with Gasteiger partial charge in [0.2, 0.25) is 5.95 Å². The maximum Gasteiger partial charge on any atom is 0.227 e. The monoisotopic (exact) mass is 567 g/mol. The Hall–Kier alpha value is -4.73. The van der Waals surface area contributed by atoms with Crippen LogP contribution in [-0.2, 0) is 0 Å². The summed E-state index contributed by atoms with van der Waals surface area (Å²) in [5, 5.41) is 3.17. The third kappa shape index (κ3) is 4.56. The Kier molecular flexibility index (Phi) is 6.41. The number of benzene rings is 3. The van der Waals surface area contributed by atoms with Gasteiger partial charge in [-0.1, -0.05) is 18.2 Å². The summed E-state index contributed by atoms with van der Waals surface area (Å²) < 4.78 is 38.2. The van der Waals surface area contributed by atoms with Crippen LogP contribution >= 0.6 is 0 Å². The van der Waals surface area contributed by atoms with Gasteiger partial charge in [-0.3, -0.25) is 0 Å². The van der Waals surface area contributed by atoms with Crippen molar-refractivity contribution in [2.75, 3.05) is 41.4 Å². The van der Waals surface area contributed by atoms with E-state index >= 15 is 4.39 Å². The molecule has 1 fully saturated rings. The summed E-state index contributed by atoms with van der Waals surface area (Å²) in [5.41, 5.74) is 4.17. The average Bonchev–Trinajstić information content (AvgIpc) is 3.34. The van der Waals surface area contributed by atoms with Crippen LogP contribution in [0.5, 0.6) is 5.75 Å². The minimum Gasteiger partial charge on any atom is -0.489 e. The van der Waals surface area contributed by atoms with Gasteiger partial charge in [-0.15, -0.1) is 0 Å². The molecular formula is C32H31F2N7O. The Morgan fingerprint density at radius 3 is 2.62 bits per heavy atom. The minimum absolute atomic E-state index is 0.01000. The number of hydrogen-bond donors (Lipinski definition) is 1. The number of anilines is 4. The van der Waals surface area contributed by atoms with Gasteiger partial charge in [-0.2, -0.15) is 0 Å². The molecule has 2 aliphatic heterocycles. The molecule has 1 atom stereocenters. The third-order valence-electron chi connectivity index (χ3n) is 8.02. The Bertz CT molecular complexity index is 1790. The second kappa shape index (κ2) is 10.3. The summed E-state index contributed by atoms with van der Waals surface area (Å²) in [6, 6.07) is 19.7. The van der Waals surface area contributed by atoms with E-state index in [9.17, 15) is 4.39 Å². The van der Waals surface area contributed by atoms with Crippen LogP contribution in [0.3, 0.4) is 0 Å². The summed E-state index contributed by atoms with van der Waals surface area (Å²) in [6.07, 6.45) is 1.10. The highest BCUT2D eigenvalue weighted by molar-refractivity contribution is 5.83. The van der Waals surface area contributed by atoms with E-state index in [1.54, 1.807) is 6.07 Å². The number of fused-ring (bicyclic) bond motifs is 4. The minimum atomic E-state index is -0.638. The largest absolute Gasteiger partial charge is 0.489 e. The van der Waals surface area contributed by atoms with Crippen LogP contribution in [-0.4, -0.2) is 51.8 Å². The highest BCUT2D eigenvalue weighted by Crippen LogP contribution is 2.38. The molecule has 0 bridgehead atoms. The summed E-state index contributed by atoms with van der Waals surface area (Å²) in [4.78, 5) is 17.8. The van der Waals surface area contributed by atoms with Crippen molar-refractivity contribution in [2.24, 2.45) is 0 Å². The van der Waals surface area contributed by atoms with Crippen molar-refractivity contribution >= 4 is 34.0 Å². The predicted molar refractivity (Wildman–Crippen MR) is 161 cm³/mol. The molecule has 3 aromatic carbocycles. The third-order valence-corrected chi connectivity index (χ3v) is 8.02. The molecule has 10 heteroatoms. The summed E-state index contributed by atoms with van der Waals surface area (Å²) >= 11 is 0. The first-order valence-electron chi connectivity index (χ1n) is 14.2. The molecule has 0 radical (unpaired) electrons. The number of rotatable bonds is 5. The van der Waals surface area contributed by atoms with Crippen LogP contribution in [0.25, 0.3) is 22.3 Å². The van der Waals surface area contributed by atoms with Crippen molar-refractivity contribution in [3.8, 4) is 17.0 Å². The van der Waals surface area contributed by atoms with Gasteiger partial charge in [0.1, 0.15) is 29.4 Å². The number of aryl methyl sites for hydroxylation is 1. The average molecular weight is 568 g/mol. The van der Waals surface area contributed by atoms with Gasteiger partial charge >= 0.3 is 0 Å². The van der Waals surface area contributed by atoms with Crippen LogP contribution in [0.1, 0.15) is 25.7 Å². The maximum atomic E-state index is 15.1. The van der Waals surface area contributed by atoms with Gasteiger partial charge in [-0.25, -0.2) is 23.7 Å². The molecule has 5 aromatic rings. The lowest BCUT2D eigenvalue weighted by Gasteiger charge is -2.46. The number of nitrogens with zero attached hydrogens (tertiary/aromatic N) is 6. The van der Waals surface area contributed by atoms with Crippen molar-refractivity contribution in [1.29, 1.82) is 0 Å². The molecule has 7 rings (SSSR count). The molecule has 0 aliphatic carbocycles. The fraction of sp³-hybridized carbons (Fsp3) is 0.281. The van der Waals surface area contributed by atoms with Crippen LogP contribution in [0, 0.1) is 18.6 Å². The molecule has 4 heterocycles. The molecule has 1 N–H and O–H groups in total. The smallest absolute Gasteiger partial charge is 0.227 e. The van der Waals surface area contributed by atoms with Crippen LogP contribution in [0.2, 0.25) is 0 Å². The quantitative estimate of drug-likeness (QED) is 0.260. The number of nitrogens with one attached hydrogen (secondary N) is 1. The Morgan fingerprint density at radius 1 is 0.976 bits per heavy atom. The number of hydrogen-bond acceptors (Lipinski definition) is 7. The molecule has 0 saturated carbocycles. The first-order valence-corrected chi connectivity index (χ1v) is 14.2. The normalized spacial score (nSPS) is 16.4. The lowest BCUT2D eigenvalue weighted by Crippen LogP contribution is -2.57. The van der Waals surface area contributed by atoms with Crippen molar-refractivity contribution in [2.45, 2.75) is 32.9 Å². The van der Waals surface area contributed by atoms with Crippen molar-refractivity contribution in [3.05, 3.63) is 84.3 Å². The van der Waals surface area contributed by atoms with E-state index in [2.05, 4.69) is 54.3 Å². The van der Waals surface area contributed by atoms with Gasteiger partial charge in [0.25, 0.3) is 0 Å². The fourth-order valence-corrected chi connectivity index (χ4v) is 6.14. The first-order chi connectivity index (χ1) is 20.4. The summed E-state index contributed by atoms with van der Waals surface area (Å²) in [7, 11) is 0. The molecule has 214 valence electrons. The second-order valence-corrected chi connectivity index (χ2v) is 11.1. The number of piperazine rings is 1. The van der Waals surface area contributed by atoms with E-state index in [1.165, 1.54) is 11.8 Å². The van der Waals surface area contributed by atoms with Crippen LogP contribution in [0.4, 0.5) is 31.8 Å². The van der Waals surface area contributed by atoms with E-state index in [1.807, 2.05) is 49.6 Å². The number of imidazole rings is 1. The van der Waals surface area contributed by atoms with E-state index in [0.29, 0.717) is 29.2 Å². The van der Waals surface area contributed by atoms with Gasteiger partial charge in [0, 0.05) is 48.7 Å². The second-order valence-electron chi connectivity index (χ2n) is 11.1. The fourth-order valence-electron chi connectivity index (χ4n) is 6.14. The topological polar surface area (TPSA) is 71.3 Å². The van der Waals surface area contributed by atoms with Gasteiger partial charge in [-0.05, 0) is 57.2 Å². The molecule has 8 nitrogen and oxygen atoms in total. The summed E-state index contributed by atoms with van der Waals surface area (Å²) in [5.74, 6) is 0.510. The Labute approximate surface area is 242 Å². The van der Waals surface area contributed by atoms with Gasteiger partial charge in [0.15, 0.2) is 11.6 Å². The molecular weight excluding hydrogens is 536 g/mol. The summed E-state index contributed by atoms with van der Waals surface area (Å²) in [6.45, 7) is 9.12. The standard InChI is InChI=1S/C32H31F2N7O/c1-19(2)41-20(3)36-31-25(33)13-21(14-28(31)41)30-26(34)16-35-32(38-30)37-22-9-10-27-29(15-22)42-18-24-17-39(11-12-40(24)27)23-7-5-4-6-8-23/h4-10,13-16,19,24H,11-12,17-18H2,1-3H3,(H,35,37,38). The zero-order valence-electron chi connectivity index (χ0n) is 23.7. The predicted octanol–water partition coefficient (Wildman–Crippen LogP) is 6.49. The van der Waals surface area contributed by atoms with E-state index in [-0.39, 0.29) is 29.2 Å². The van der Waals surface area contributed by atoms with Crippen molar-refractivity contribution < 1.29 is 13.5 Å². The SMILES string of the molecule is Cc1nc2c(F)cc(-c3nc(Nc4ccc5c(c4)OCC4CN(c6ccccc6)CCN54)ncc3F)cc2n1C(C)C. The number of ether oxygens (including phenoxy) is 1. The maximum absolute atomic E-state index is 15.1. The molecule has 2 aliphatic rings. The molecule has 1 unspecified atom stereocenters. The highest BCUT2D eigenvalue weighted by atomic mass is 19.1. The molecule has 0 amide bonds. The number of halogens is 2. The Balaban J connectivity index is 1.13. The van der Waals surface area contributed by atoms with E-state index < -0.39 is 11.6 Å². The molecule has 42 heavy (non-hydrogen) atoms. The molecule has 0 spiro atoms. The van der Waals surface area contributed by atoms with Gasteiger partial charge in [0.05, 0.1) is 23.4 Å². The highest BCUT2D eigenvalue weighted by Gasteiger charge is 2.33. The van der Waals surface area contributed by atoms with Gasteiger partial charge < -0.3 is 24.4 Å². The van der Waals surface area contributed by atoms with Crippen molar-refractivity contribution in [3.63, 3.8) is 0 Å². The van der Waals surface area contributed by atoms with Crippen LogP contribution in [0.15, 0.2) is 66.9 Å². The van der Waals surface area contributed by atoms with E-state index in [0.717, 1.165) is 37.3 Å².